The fourth-order valence-electron chi connectivity index (χ4n) is 2.33. The van der Waals surface area contributed by atoms with E-state index in [1.807, 2.05) is 0 Å². The first kappa shape index (κ1) is 21.2. The zero-order valence-electron chi connectivity index (χ0n) is 14.6. The predicted molar refractivity (Wildman–Crippen MR) is 81.1 cm³/mol. The number of rotatable bonds is 6. The van der Waals surface area contributed by atoms with Crippen LogP contribution in [0.3, 0.4) is 0 Å². The molecule has 26 heavy (non-hydrogen) atoms. The number of azide groups is 1. The Hall–Kier alpha value is -2.85. The second-order valence-electron chi connectivity index (χ2n) is 5.30. The molecular weight excluding hydrogens is 354 g/mol. The summed E-state index contributed by atoms with van der Waals surface area (Å²) in [5.41, 5.74) is 8.78. The van der Waals surface area contributed by atoms with Crippen molar-refractivity contribution in [3.63, 3.8) is 0 Å². The summed E-state index contributed by atoms with van der Waals surface area (Å²) in [5, 5.41) is 3.44. The van der Waals surface area contributed by atoms with E-state index in [0.29, 0.717) is 0 Å². The number of carbonyl (C=O) groups is 4. The lowest BCUT2D eigenvalue weighted by Crippen LogP contribution is -2.61. The normalized spacial score (nSPS) is 27.5. The standard InChI is InChI=1S/C14H19N3O9/c1-6(18)22-5-10-12(23-7(2)19)13(24-8(3)20)11(16-17-15)14(26-10)25-9(4)21/h10-14H,5H2,1-4H3/t10?,11?,12-,13?,14-/m1/s1. The van der Waals surface area contributed by atoms with Gasteiger partial charge in [-0.3, -0.25) is 19.2 Å². The second kappa shape index (κ2) is 9.59. The van der Waals surface area contributed by atoms with Crippen molar-refractivity contribution in [1.29, 1.82) is 0 Å². The van der Waals surface area contributed by atoms with Crippen LogP contribution < -0.4 is 0 Å². The highest BCUT2D eigenvalue weighted by Crippen LogP contribution is 2.29. The first-order valence-electron chi connectivity index (χ1n) is 7.50. The molecule has 1 saturated heterocycles. The first-order chi connectivity index (χ1) is 12.1. The minimum absolute atomic E-state index is 0.383. The van der Waals surface area contributed by atoms with Gasteiger partial charge in [0.1, 0.15) is 18.8 Å². The van der Waals surface area contributed by atoms with Gasteiger partial charge >= 0.3 is 23.9 Å². The Labute approximate surface area is 148 Å². The third kappa shape index (κ3) is 6.22. The van der Waals surface area contributed by atoms with Crippen molar-refractivity contribution < 1.29 is 42.9 Å². The molecule has 12 nitrogen and oxygen atoms in total. The third-order valence-corrected chi connectivity index (χ3v) is 3.14. The van der Waals surface area contributed by atoms with Gasteiger partial charge in [-0.2, -0.15) is 0 Å². The van der Waals surface area contributed by atoms with Gasteiger partial charge in [0.25, 0.3) is 0 Å². The van der Waals surface area contributed by atoms with Crippen LogP contribution in [0.5, 0.6) is 0 Å². The van der Waals surface area contributed by atoms with Crippen LogP contribution in [0.25, 0.3) is 10.4 Å². The summed E-state index contributed by atoms with van der Waals surface area (Å²) in [4.78, 5) is 47.9. The van der Waals surface area contributed by atoms with Crippen molar-refractivity contribution >= 4 is 23.9 Å². The molecule has 12 heteroatoms. The molecule has 0 saturated carbocycles. The number of hydrogen-bond donors (Lipinski definition) is 0. The van der Waals surface area contributed by atoms with E-state index in [1.54, 1.807) is 0 Å². The molecule has 0 radical (unpaired) electrons. The molecule has 5 atom stereocenters. The van der Waals surface area contributed by atoms with Crippen LogP contribution in [0.4, 0.5) is 0 Å². The van der Waals surface area contributed by atoms with E-state index in [9.17, 15) is 19.2 Å². The summed E-state index contributed by atoms with van der Waals surface area (Å²) in [7, 11) is 0. The van der Waals surface area contributed by atoms with Crippen LogP contribution in [0.2, 0.25) is 0 Å². The van der Waals surface area contributed by atoms with Gasteiger partial charge in [0, 0.05) is 32.6 Å². The van der Waals surface area contributed by atoms with E-state index in [0.717, 1.165) is 27.7 Å². The fraction of sp³-hybridized carbons (Fsp3) is 0.714. The highest BCUT2D eigenvalue weighted by Gasteiger charge is 2.51. The van der Waals surface area contributed by atoms with Gasteiger partial charge in [-0.25, -0.2) is 0 Å². The van der Waals surface area contributed by atoms with Crippen molar-refractivity contribution in [3.05, 3.63) is 10.4 Å². The Balaban J connectivity index is 3.28. The third-order valence-electron chi connectivity index (χ3n) is 3.14. The van der Waals surface area contributed by atoms with Crippen LogP contribution in [0.15, 0.2) is 5.11 Å². The SMILES string of the molecule is CC(=O)OCC1O[C@@H](OC(C)=O)C(N=[N+]=[N-])C(OC(C)=O)[C@@H]1OC(C)=O. The number of esters is 4. The van der Waals surface area contributed by atoms with Gasteiger partial charge in [-0.1, -0.05) is 5.11 Å². The first-order valence-corrected chi connectivity index (χ1v) is 7.50. The number of ether oxygens (including phenoxy) is 5. The van der Waals surface area contributed by atoms with E-state index in [-0.39, 0.29) is 6.61 Å². The van der Waals surface area contributed by atoms with E-state index < -0.39 is 54.5 Å². The Morgan fingerprint density at radius 2 is 1.46 bits per heavy atom. The van der Waals surface area contributed by atoms with Gasteiger partial charge in [-0.05, 0) is 5.53 Å². The van der Waals surface area contributed by atoms with E-state index in [4.69, 9.17) is 29.2 Å². The van der Waals surface area contributed by atoms with Crippen LogP contribution in [-0.2, 0) is 42.9 Å². The molecule has 0 aromatic heterocycles. The van der Waals surface area contributed by atoms with Crippen LogP contribution in [0.1, 0.15) is 27.7 Å². The minimum Gasteiger partial charge on any atom is -0.463 e. The molecule has 1 aliphatic rings. The lowest BCUT2D eigenvalue weighted by Gasteiger charge is -2.42. The molecule has 0 N–H and O–H groups in total. The van der Waals surface area contributed by atoms with Crippen molar-refractivity contribution in [1.82, 2.24) is 0 Å². The van der Waals surface area contributed by atoms with Crippen LogP contribution in [-0.4, -0.2) is 61.1 Å². The zero-order chi connectivity index (χ0) is 19.9. The second-order valence-corrected chi connectivity index (χ2v) is 5.30. The maximum absolute atomic E-state index is 11.5. The summed E-state index contributed by atoms with van der Waals surface area (Å²) < 4.78 is 25.5. The maximum atomic E-state index is 11.5. The molecule has 0 spiro atoms. The summed E-state index contributed by atoms with van der Waals surface area (Å²) in [6, 6.07) is -1.33. The van der Waals surface area contributed by atoms with E-state index in [1.165, 1.54) is 0 Å². The lowest BCUT2D eigenvalue weighted by atomic mass is 9.97. The molecule has 1 rings (SSSR count). The van der Waals surface area contributed by atoms with Gasteiger partial charge in [0.15, 0.2) is 12.2 Å². The molecule has 1 fully saturated rings. The Morgan fingerprint density at radius 3 is 1.92 bits per heavy atom. The molecule has 0 aliphatic carbocycles. The molecule has 0 aromatic rings. The van der Waals surface area contributed by atoms with Crippen molar-refractivity contribution in [2.24, 2.45) is 5.11 Å². The van der Waals surface area contributed by atoms with Crippen molar-refractivity contribution in [2.45, 2.75) is 58.3 Å². The molecule has 0 aromatic carbocycles. The number of carbonyl (C=O) groups excluding carboxylic acids is 4. The summed E-state index contributed by atoms with van der Waals surface area (Å²) in [6.07, 6.45) is -5.18. The molecule has 3 unspecified atom stereocenters. The summed E-state index contributed by atoms with van der Waals surface area (Å²) in [6.45, 7) is 4.06. The average Bonchev–Trinajstić information content (AvgIpc) is 2.49. The molecule has 1 aliphatic heterocycles. The summed E-state index contributed by atoms with van der Waals surface area (Å²) >= 11 is 0. The molecular formula is C14H19N3O9. The Kier molecular flexibility index (Phi) is 7.81. The van der Waals surface area contributed by atoms with Gasteiger partial charge < -0.3 is 23.7 Å². The molecule has 0 amide bonds. The highest BCUT2D eigenvalue weighted by atomic mass is 16.7. The minimum atomic E-state index is -1.44. The average molecular weight is 373 g/mol. The fourth-order valence-corrected chi connectivity index (χ4v) is 2.33. The predicted octanol–water partition coefficient (Wildman–Crippen LogP) is 0.380. The smallest absolute Gasteiger partial charge is 0.304 e. The molecule has 1 heterocycles. The van der Waals surface area contributed by atoms with Crippen molar-refractivity contribution in [3.8, 4) is 0 Å². The van der Waals surface area contributed by atoms with Gasteiger partial charge in [0.05, 0.1) is 0 Å². The topological polar surface area (TPSA) is 163 Å². The molecule has 0 bridgehead atoms. The number of nitrogens with zero attached hydrogens (tertiary/aromatic N) is 3. The van der Waals surface area contributed by atoms with E-state index >= 15 is 0 Å². The monoisotopic (exact) mass is 373 g/mol. The Bertz CT molecular complexity index is 617. The van der Waals surface area contributed by atoms with Crippen LogP contribution in [0, 0.1) is 0 Å². The summed E-state index contributed by atoms with van der Waals surface area (Å²) in [5.74, 6) is -2.90. The van der Waals surface area contributed by atoms with E-state index in [2.05, 4.69) is 10.0 Å². The van der Waals surface area contributed by atoms with Crippen LogP contribution >= 0.6 is 0 Å². The quantitative estimate of drug-likeness (QED) is 0.210. The number of hydrogen-bond acceptors (Lipinski definition) is 10. The lowest BCUT2D eigenvalue weighted by molar-refractivity contribution is -0.267. The zero-order valence-corrected chi connectivity index (χ0v) is 14.6. The Morgan fingerprint density at radius 1 is 0.923 bits per heavy atom. The molecule has 144 valence electrons. The maximum Gasteiger partial charge on any atom is 0.304 e. The van der Waals surface area contributed by atoms with Gasteiger partial charge in [-0.15, -0.1) is 0 Å². The van der Waals surface area contributed by atoms with Gasteiger partial charge in [0.2, 0.25) is 6.29 Å². The largest absolute Gasteiger partial charge is 0.463 e. The van der Waals surface area contributed by atoms with Crippen molar-refractivity contribution in [2.75, 3.05) is 6.61 Å². The highest BCUT2D eigenvalue weighted by molar-refractivity contribution is 5.68.